The van der Waals surface area contributed by atoms with E-state index < -0.39 is 5.97 Å². The van der Waals surface area contributed by atoms with Gasteiger partial charge in [0.2, 0.25) is 0 Å². The Morgan fingerprint density at radius 3 is 2.79 bits per heavy atom. The van der Waals surface area contributed by atoms with Crippen LogP contribution in [0.3, 0.4) is 0 Å². The van der Waals surface area contributed by atoms with Crippen LogP contribution in [0.4, 0.5) is 0 Å². The van der Waals surface area contributed by atoms with Crippen LogP contribution in [0.2, 0.25) is 5.02 Å². The molecule has 0 bridgehead atoms. The van der Waals surface area contributed by atoms with Crippen LogP contribution in [0.15, 0.2) is 35.7 Å². The Bertz CT molecular complexity index is 711. The highest BCUT2D eigenvalue weighted by molar-refractivity contribution is 7.11. The summed E-state index contributed by atoms with van der Waals surface area (Å²) in [5.41, 5.74) is 0.892. The average Bonchev–Trinajstić information content (AvgIpc) is 3.04. The van der Waals surface area contributed by atoms with Crippen molar-refractivity contribution in [2.24, 2.45) is 0 Å². The molecule has 0 aliphatic rings. The SMILES string of the molecule is CN(C)CCCOc1ccc(Cl)cc1/C=C(\C(=O)O)c1cccs1. The van der Waals surface area contributed by atoms with E-state index >= 15 is 0 Å². The standard InChI is InChI=1S/C18H20ClNO3S/c1-20(2)8-4-9-23-16-7-6-14(19)11-13(16)12-15(18(21)22)17-5-3-10-24-17/h3,5-7,10-12H,4,8-9H2,1-2H3,(H,21,22)/b15-12-. The highest BCUT2D eigenvalue weighted by Crippen LogP contribution is 2.29. The van der Waals surface area contributed by atoms with Crippen molar-refractivity contribution < 1.29 is 14.6 Å². The molecule has 4 nitrogen and oxygen atoms in total. The van der Waals surface area contributed by atoms with E-state index in [0.717, 1.165) is 13.0 Å². The van der Waals surface area contributed by atoms with Crippen LogP contribution in [0.5, 0.6) is 5.75 Å². The Morgan fingerprint density at radius 1 is 1.38 bits per heavy atom. The number of rotatable bonds is 8. The Labute approximate surface area is 150 Å². The molecule has 128 valence electrons. The summed E-state index contributed by atoms with van der Waals surface area (Å²) in [5.74, 6) is -0.343. The summed E-state index contributed by atoms with van der Waals surface area (Å²) in [4.78, 5) is 14.4. The quantitative estimate of drug-likeness (QED) is 0.558. The number of hydrogen-bond acceptors (Lipinski definition) is 4. The summed E-state index contributed by atoms with van der Waals surface area (Å²) < 4.78 is 5.82. The molecule has 0 spiro atoms. The van der Waals surface area contributed by atoms with Gasteiger partial charge in [-0.05, 0) is 56.2 Å². The van der Waals surface area contributed by atoms with Gasteiger partial charge in [-0.15, -0.1) is 11.3 Å². The highest BCUT2D eigenvalue weighted by atomic mass is 35.5. The summed E-state index contributed by atoms with van der Waals surface area (Å²) >= 11 is 7.46. The molecule has 1 N–H and O–H groups in total. The first-order valence-corrected chi connectivity index (χ1v) is 8.79. The third kappa shape index (κ3) is 5.37. The summed E-state index contributed by atoms with van der Waals surface area (Å²) in [5, 5.41) is 11.9. The first-order chi connectivity index (χ1) is 11.5. The first-order valence-electron chi connectivity index (χ1n) is 7.53. The number of benzene rings is 1. The zero-order valence-corrected chi connectivity index (χ0v) is 15.2. The second kappa shape index (κ2) is 8.87. The van der Waals surface area contributed by atoms with Gasteiger partial charge in [-0.2, -0.15) is 0 Å². The van der Waals surface area contributed by atoms with Gasteiger partial charge in [-0.3, -0.25) is 0 Å². The van der Waals surface area contributed by atoms with Gasteiger partial charge in [-0.1, -0.05) is 17.7 Å². The monoisotopic (exact) mass is 365 g/mol. The Kier molecular flexibility index (Phi) is 6.85. The number of halogens is 1. The van der Waals surface area contributed by atoms with Gasteiger partial charge in [0.15, 0.2) is 0 Å². The second-order valence-electron chi connectivity index (χ2n) is 5.53. The Hall–Kier alpha value is -1.82. The topological polar surface area (TPSA) is 49.8 Å². The summed E-state index contributed by atoms with van der Waals surface area (Å²) in [7, 11) is 4.02. The van der Waals surface area contributed by atoms with Crippen LogP contribution in [0.25, 0.3) is 11.6 Å². The number of aliphatic carboxylic acids is 1. The molecular weight excluding hydrogens is 346 g/mol. The number of ether oxygens (including phenoxy) is 1. The van der Waals surface area contributed by atoms with Crippen molar-refractivity contribution in [3.63, 3.8) is 0 Å². The largest absolute Gasteiger partial charge is 0.493 e. The zero-order chi connectivity index (χ0) is 17.5. The van der Waals surface area contributed by atoms with Gasteiger partial charge >= 0.3 is 5.97 Å². The maximum Gasteiger partial charge on any atom is 0.337 e. The molecule has 0 atom stereocenters. The van der Waals surface area contributed by atoms with Crippen molar-refractivity contribution in [1.82, 2.24) is 4.90 Å². The van der Waals surface area contributed by atoms with Gasteiger partial charge in [0.25, 0.3) is 0 Å². The highest BCUT2D eigenvalue weighted by Gasteiger charge is 2.13. The van der Waals surface area contributed by atoms with E-state index in [4.69, 9.17) is 16.3 Å². The van der Waals surface area contributed by atoms with Crippen molar-refractivity contribution in [3.8, 4) is 5.75 Å². The molecule has 0 saturated carbocycles. The van der Waals surface area contributed by atoms with Crippen LogP contribution in [0.1, 0.15) is 16.9 Å². The molecule has 2 aromatic rings. The van der Waals surface area contributed by atoms with Gasteiger partial charge < -0.3 is 14.7 Å². The average molecular weight is 366 g/mol. The van der Waals surface area contributed by atoms with Crippen LogP contribution in [-0.4, -0.2) is 43.2 Å². The molecule has 0 aliphatic heterocycles. The maximum atomic E-state index is 11.6. The summed E-state index contributed by atoms with van der Waals surface area (Å²) in [6.07, 6.45) is 2.50. The van der Waals surface area contributed by atoms with E-state index in [1.807, 2.05) is 25.5 Å². The van der Waals surface area contributed by atoms with Crippen molar-refractivity contribution in [2.45, 2.75) is 6.42 Å². The number of carboxylic acids is 1. The smallest absolute Gasteiger partial charge is 0.337 e. The van der Waals surface area contributed by atoms with Crippen LogP contribution >= 0.6 is 22.9 Å². The number of thiophene rings is 1. The molecule has 24 heavy (non-hydrogen) atoms. The second-order valence-corrected chi connectivity index (χ2v) is 6.91. The molecule has 1 heterocycles. The number of nitrogens with zero attached hydrogens (tertiary/aromatic N) is 1. The third-order valence-electron chi connectivity index (χ3n) is 3.30. The minimum absolute atomic E-state index is 0.227. The first kappa shape index (κ1) is 18.5. The van der Waals surface area contributed by atoms with Crippen molar-refractivity contribution in [3.05, 3.63) is 51.2 Å². The zero-order valence-electron chi connectivity index (χ0n) is 13.7. The lowest BCUT2D eigenvalue weighted by Crippen LogP contribution is -2.15. The lowest BCUT2D eigenvalue weighted by Gasteiger charge is -2.12. The van der Waals surface area contributed by atoms with Gasteiger partial charge in [0, 0.05) is 22.0 Å². The summed E-state index contributed by atoms with van der Waals surface area (Å²) in [6, 6.07) is 8.85. The van der Waals surface area contributed by atoms with Crippen LogP contribution in [0, 0.1) is 0 Å². The number of carbonyl (C=O) groups is 1. The fourth-order valence-corrected chi connectivity index (χ4v) is 3.07. The predicted octanol–water partition coefficient (Wildman–Crippen LogP) is 4.36. The van der Waals surface area contributed by atoms with E-state index in [1.54, 1.807) is 30.3 Å². The molecule has 0 amide bonds. The maximum absolute atomic E-state index is 11.6. The Balaban J connectivity index is 2.25. The lowest BCUT2D eigenvalue weighted by molar-refractivity contribution is -0.130. The number of hydrogen-bond donors (Lipinski definition) is 1. The summed E-state index contributed by atoms with van der Waals surface area (Å²) in [6.45, 7) is 1.48. The van der Waals surface area contributed by atoms with E-state index in [0.29, 0.717) is 27.8 Å². The molecule has 0 fully saturated rings. The molecule has 2 rings (SSSR count). The van der Waals surface area contributed by atoms with Gasteiger partial charge in [0.1, 0.15) is 5.75 Å². The minimum Gasteiger partial charge on any atom is -0.493 e. The molecule has 0 aliphatic carbocycles. The molecular formula is C18H20ClNO3S. The fraction of sp³-hybridized carbons (Fsp3) is 0.278. The van der Waals surface area contributed by atoms with Gasteiger partial charge in [-0.25, -0.2) is 4.79 Å². The molecule has 1 aromatic heterocycles. The predicted molar refractivity (Wildman–Crippen MR) is 99.9 cm³/mol. The molecule has 6 heteroatoms. The van der Waals surface area contributed by atoms with Crippen LogP contribution in [-0.2, 0) is 4.79 Å². The minimum atomic E-state index is -0.976. The molecule has 0 radical (unpaired) electrons. The van der Waals surface area contributed by atoms with E-state index in [1.165, 1.54) is 11.3 Å². The van der Waals surface area contributed by atoms with Gasteiger partial charge in [0.05, 0.1) is 12.2 Å². The van der Waals surface area contributed by atoms with E-state index in [9.17, 15) is 9.90 Å². The van der Waals surface area contributed by atoms with Crippen molar-refractivity contribution in [1.29, 1.82) is 0 Å². The van der Waals surface area contributed by atoms with E-state index in [2.05, 4.69) is 4.90 Å². The van der Waals surface area contributed by atoms with Crippen molar-refractivity contribution >= 4 is 40.6 Å². The number of carboxylic acid groups (broad SMARTS) is 1. The van der Waals surface area contributed by atoms with Crippen LogP contribution < -0.4 is 4.74 Å². The molecule has 0 saturated heterocycles. The fourth-order valence-electron chi connectivity index (χ4n) is 2.15. The Morgan fingerprint density at radius 2 is 2.17 bits per heavy atom. The molecule has 1 aromatic carbocycles. The van der Waals surface area contributed by atoms with Crippen molar-refractivity contribution in [2.75, 3.05) is 27.2 Å². The molecule has 0 unspecified atom stereocenters. The normalized spacial score (nSPS) is 11.8. The third-order valence-corrected chi connectivity index (χ3v) is 4.43. The van der Waals surface area contributed by atoms with E-state index in [-0.39, 0.29) is 5.57 Å². The lowest BCUT2D eigenvalue weighted by atomic mass is 10.1.